The summed E-state index contributed by atoms with van der Waals surface area (Å²) in [6.45, 7) is 2.41. The lowest BCUT2D eigenvalue weighted by Gasteiger charge is -2.35. The fourth-order valence-electron chi connectivity index (χ4n) is 2.86. The quantitative estimate of drug-likeness (QED) is 0.507. The van der Waals surface area contributed by atoms with Crippen LogP contribution in [-0.4, -0.2) is 32.8 Å². The lowest BCUT2D eigenvalue weighted by atomic mass is 9.97. The molecule has 110 valence electrons. The molecule has 0 aliphatic carbocycles. The molecule has 0 fully saturated rings. The van der Waals surface area contributed by atoms with Crippen LogP contribution in [0.2, 0.25) is 0 Å². The van der Waals surface area contributed by atoms with Gasteiger partial charge in [-0.15, -0.1) is 12.6 Å². The van der Waals surface area contributed by atoms with Crippen molar-refractivity contribution in [2.75, 3.05) is 6.61 Å². The molecule has 0 amide bonds. The number of fused-ring (bicyclic) bond motifs is 3. The highest BCUT2D eigenvalue weighted by atomic mass is 32.1. The van der Waals surface area contributed by atoms with Gasteiger partial charge >= 0.3 is 5.97 Å². The molecule has 6 heteroatoms. The summed E-state index contributed by atoms with van der Waals surface area (Å²) in [6.07, 6.45) is 0.785. The van der Waals surface area contributed by atoms with Crippen LogP contribution in [-0.2, 0) is 22.5 Å². The Balaban J connectivity index is 1.95. The van der Waals surface area contributed by atoms with E-state index >= 15 is 0 Å². The fraction of sp³-hybridized carbons (Fsp3) is 0.333. The number of ether oxygens (including phenoxy) is 1. The smallest absolute Gasteiger partial charge is 0.302 e. The molecule has 2 heterocycles. The number of nitrogens with one attached hydrogen (secondary N) is 1. The molecule has 0 saturated carbocycles. The van der Waals surface area contributed by atoms with Crippen molar-refractivity contribution in [2.24, 2.45) is 0 Å². The maximum atomic E-state index is 11.1. The number of aromatic nitrogens is 1. The zero-order valence-corrected chi connectivity index (χ0v) is 13.3. The largest absolute Gasteiger partial charge is 0.464 e. The topological polar surface area (TPSA) is 45.3 Å². The molecule has 21 heavy (non-hydrogen) atoms. The summed E-state index contributed by atoms with van der Waals surface area (Å²) < 4.78 is 5.71. The number of hydrogen-bond acceptors (Lipinski definition) is 3. The Hall–Kier alpha value is -1.53. The van der Waals surface area contributed by atoms with Crippen molar-refractivity contribution in [2.45, 2.75) is 25.9 Å². The van der Waals surface area contributed by atoms with Gasteiger partial charge in [0.2, 0.25) is 0 Å². The SMILES string of the molecule is CC(=O)OCC1Cc2c([nH]c3ccccc23)CN1C(=S)S. The third-order valence-corrected chi connectivity index (χ3v) is 4.33. The Labute approximate surface area is 133 Å². The summed E-state index contributed by atoms with van der Waals surface area (Å²) in [4.78, 5) is 16.5. The van der Waals surface area contributed by atoms with Crippen molar-refractivity contribution in [1.82, 2.24) is 9.88 Å². The third-order valence-electron chi connectivity index (χ3n) is 3.84. The first kappa shape index (κ1) is 14.4. The number of carbonyl (C=O) groups excluding carboxylic acids is 1. The summed E-state index contributed by atoms with van der Waals surface area (Å²) in [7, 11) is 0. The van der Waals surface area contributed by atoms with Crippen molar-refractivity contribution in [1.29, 1.82) is 0 Å². The zero-order valence-electron chi connectivity index (χ0n) is 11.6. The van der Waals surface area contributed by atoms with Gasteiger partial charge in [0.15, 0.2) is 0 Å². The van der Waals surface area contributed by atoms with Crippen molar-refractivity contribution >= 4 is 46.0 Å². The second-order valence-electron chi connectivity index (χ2n) is 5.20. The predicted octanol–water partition coefficient (Wildman–Crippen LogP) is 2.67. The van der Waals surface area contributed by atoms with E-state index in [4.69, 9.17) is 17.0 Å². The molecule has 1 aliphatic rings. The van der Waals surface area contributed by atoms with E-state index in [2.05, 4.69) is 29.7 Å². The molecule has 1 aromatic carbocycles. The first-order valence-electron chi connectivity index (χ1n) is 6.77. The van der Waals surface area contributed by atoms with E-state index in [1.165, 1.54) is 17.9 Å². The minimum atomic E-state index is -0.273. The highest BCUT2D eigenvalue weighted by molar-refractivity contribution is 8.10. The highest BCUT2D eigenvalue weighted by Gasteiger charge is 2.30. The molecule has 0 radical (unpaired) electrons. The maximum Gasteiger partial charge on any atom is 0.302 e. The average molecular weight is 320 g/mol. The van der Waals surface area contributed by atoms with Crippen molar-refractivity contribution in [3.63, 3.8) is 0 Å². The van der Waals surface area contributed by atoms with Gasteiger partial charge in [-0.2, -0.15) is 0 Å². The van der Waals surface area contributed by atoms with Crippen LogP contribution in [0.5, 0.6) is 0 Å². The van der Waals surface area contributed by atoms with Gasteiger partial charge in [0.1, 0.15) is 10.9 Å². The van der Waals surface area contributed by atoms with Crippen LogP contribution in [0.3, 0.4) is 0 Å². The lowest BCUT2D eigenvalue weighted by molar-refractivity contribution is -0.142. The van der Waals surface area contributed by atoms with Crippen molar-refractivity contribution in [3.05, 3.63) is 35.5 Å². The van der Waals surface area contributed by atoms with Crippen LogP contribution in [0.25, 0.3) is 10.9 Å². The average Bonchev–Trinajstić information content (AvgIpc) is 2.81. The van der Waals surface area contributed by atoms with Crippen molar-refractivity contribution in [3.8, 4) is 0 Å². The molecule has 1 unspecified atom stereocenters. The predicted molar refractivity (Wildman–Crippen MR) is 89.6 cm³/mol. The lowest BCUT2D eigenvalue weighted by Crippen LogP contribution is -2.44. The van der Waals surface area contributed by atoms with E-state index < -0.39 is 0 Å². The number of esters is 1. The summed E-state index contributed by atoms with van der Waals surface area (Å²) in [6, 6.07) is 8.26. The first-order valence-corrected chi connectivity index (χ1v) is 7.63. The summed E-state index contributed by atoms with van der Waals surface area (Å²) in [5.41, 5.74) is 3.57. The molecule has 0 spiro atoms. The Kier molecular flexibility index (Phi) is 3.91. The number of thiocarbonyl (C=S) groups is 1. The Morgan fingerprint density at radius 3 is 3.00 bits per heavy atom. The van der Waals surface area contributed by atoms with Gasteiger partial charge in [-0.3, -0.25) is 4.79 Å². The molecule has 4 nitrogen and oxygen atoms in total. The van der Waals surface area contributed by atoms with Gasteiger partial charge < -0.3 is 14.6 Å². The van der Waals surface area contributed by atoms with E-state index in [1.54, 1.807) is 0 Å². The molecule has 0 bridgehead atoms. The Morgan fingerprint density at radius 2 is 2.29 bits per heavy atom. The monoisotopic (exact) mass is 320 g/mol. The second kappa shape index (κ2) is 5.69. The van der Waals surface area contributed by atoms with Crippen LogP contribution < -0.4 is 0 Å². The number of nitrogens with zero attached hydrogens (tertiary/aromatic N) is 1. The van der Waals surface area contributed by atoms with E-state index in [9.17, 15) is 4.79 Å². The van der Waals surface area contributed by atoms with E-state index in [0.29, 0.717) is 17.5 Å². The van der Waals surface area contributed by atoms with Gasteiger partial charge in [-0.05, 0) is 18.1 Å². The van der Waals surface area contributed by atoms with Gasteiger partial charge in [-0.1, -0.05) is 30.4 Å². The highest BCUT2D eigenvalue weighted by Crippen LogP contribution is 2.30. The van der Waals surface area contributed by atoms with Crippen molar-refractivity contribution < 1.29 is 9.53 Å². The minimum absolute atomic E-state index is 0.0330. The third kappa shape index (κ3) is 2.78. The van der Waals surface area contributed by atoms with Crippen LogP contribution in [0.4, 0.5) is 0 Å². The second-order valence-corrected chi connectivity index (χ2v) is 6.31. The van der Waals surface area contributed by atoms with Crippen LogP contribution in [0.1, 0.15) is 18.2 Å². The summed E-state index contributed by atoms with van der Waals surface area (Å²) in [5, 5.41) is 1.23. The number of aromatic amines is 1. The number of rotatable bonds is 2. The molecular formula is C15H16N2O2S2. The standard InChI is InChI=1S/C15H16N2O2S2/c1-9(18)19-8-10-6-12-11-4-2-3-5-13(11)16-14(12)7-17(10)15(20)21/h2-5,10,16H,6-8H2,1H3,(H,20,21). The minimum Gasteiger partial charge on any atom is -0.464 e. The molecule has 0 saturated heterocycles. The van der Waals surface area contributed by atoms with Gasteiger partial charge in [0.25, 0.3) is 0 Å². The Bertz CT molecular complexity index is 711. The molecule has 1 atom stereocenters. The molecule has 1 aromatic heterocycles. The zero-order chi connectivity index (χ0) is 15.0. The van der Waals surface area contributed by atoms with Gasteiger partial charge in [-0.25, -0.2) is 0 Å². The van der Waals surface area contributed by atoms with E-state index in [-0.39, 0.29) is 12.0 Å². The fourth-order valence-corrected chi connectivity index (χ4v) is 3.30. The number of carbonyl (C=O) groups is 1. The first-order chi connectivity index (χ1) is 10.1. The van der Waals surface area contributed by atoms with Gasteiger partial charge in [0, 0.05) is 23.5 Å². The van der Waals surface area contributed by atoms with E-state index in [0.717, 1.165) is 17.6 Å². The number of hydrogen-bond donors (Lipinski definition) is 2. The van der Waals surface area contributed by atoms with Gasteiger partial charge in [0.05, 0.1) is 12.6 Å². The molecule has 2 aromatic rings. The van der Waals surface area contributed by atoms with Crippen LogP contribution in [0, 0.1) is 0 Å². The maximum absolute atomic E-state index is 11.1. The molecule has 1 aliphatic heterocycles. The Morgan fingerprint density at radius 1 is 1.52 bits per heavy atom. The molecule has 1 N–H and O–H groups in total. The molecular weight excluding hydrogens is 304 g/mol. The van der Waals surface area contributed by atoms with Crippen LogP contribution >= 0.6 is 24.8 Å². The summed E-state index contributed by atoms with van der Waals surface area (Å²) >= 11 is 9.52. The normalized spacial score (nSPS) is 17.6. The van der Waals surface area contributed by atoms with Crippen LogP contribution in [0.15, 0.2) is 24.3 Å². The number of H-pyrrole nitrogens is 1. The summed E-state index contributed by atoms with van der Waals surface area (Å²) in [5.74, 6) is -0.273. The number of para-hydroxylation sites is 1. The number of benzene rings is 1. The molecule has 3 rings (SSSR count). The van der Waals surface area contributed by atoms with E-state index in [1.807, 2.05) is 17.0 Å². The number of thiol groups is 1.